The summed E-state index contributed by atoms with van der Waals surface area (Å²) in [5, 5.41) is 13.8. The van der Waals surface area contributed by atoms with Crippen LogP contribution < -0.4 is 14.8 Å². The summed E-state index contributed by atoms with van der Waals surface area (Å²) in [7, 11) is 0. The van der Waals surface area contributed by atoms with E-state index in [9.17, 15) is 19.7 Å². The molecule has 0 saturated carbocycles. The van der Waals surface area contributed by atoms with Gasteiger partial charge in [-0.25, -0.2) is 0 Å². The molecular formula is C18H18N2O6. The Balaban J connectivity index is 2.07. The van der Waals surface area contributed by atoms with E-state index < -0.39 is 16.9 Å². The predicted octanol–water partition coefficient (Wildman–Crippen LogP) is 3.21. The van der Waals surface area contributed by atoms with Crippen molar-refractivity contribution in [2.45, 2.75) is 20.0 Å². The average molecular weight is 358 g/mol. The molecule has 26 heavy (non-hydrogen) atoms. The Morgan fingerprint density at radius 1 is 1.27 bits per heavy atom. The maximum Gasteiger partial charge on any atom is 0.311 e. The van der Waals surface area contributed by atoms with Crippen molar-refractivity contribution in [1.29, 1.82) is 0 Å². The molecular weight excluding hydrogens is 340 g/mol. The summed E-state index contributed by atoms with van der Waals surface area (Å²) < 4.78 is 10.7. The van der Waals surface area contributed by atoms with E-state index in [1.54, 1.807) is 24.3 Å². The third-order valence-electron chi connectivity index (χ3n) is 3.42. The Morgan fingerprint density at radius 2 is 1.96 bits per heavy atom. The van der Waals surface area contributed by atoms with E-state index in [4.69, 9.17) is 9.47 Å². The second-order valence-electron chi connectivity index (χ2n) is 5.31. The summed E-state index contributed by atoms with van der Waals surface area (Å²) in [6.07, 6.45) is -0.485. The number of nitrogens with one attached hydrogen (secondary N) is 1. The van der Waals surface area contributed by atoms with E-state index >= 15 is 0 Å². The summed E-state index contributed by atoms with van der Waals surface area (Å²) in [5.41, 5.74) is 0.311. The van der Waals surface area contributed by atoms with Crippen molar-refractivity contribution < 1.29 is 24.0 Å². The number of rotatable bonds is 8. The number of nitro groups is 1. The standard InChI is InChI=1S/C18H18N2O6/c1-3-25-15-7-5-14(6-8-15)19-18(22)12(2)26-17-9-4-13(11-21)10-16(17)20(23)24/h4-12H,3H2,1-2H3,(H,19,22)/t12-/m0/s1. The molecule has 1 atom stereocenters. The van der Waals surface area contributed by atoms with Gasteiger partial charge in [-0.15, -0.1) is 0 Å². The maximum absolute atomic E-state index is 12.2. The summed E-state index contributed by atoms with van der Waals surface area (Å²) in [6.45, 7) is 3.88. The highest BCUT2D eigenvalue weighted by atomic mass is 16.6. The lowest BCUT2D eigenvalue weighted by Crippen LogP contribution is -2.30. The third kappa shape index (κ3) is 4.79. The number of anilines is 1. The second kappa shape index (κ2) is 8.61. The van der Waals surface area contributed by atoms with Crippen molar-refractivity contribution in [3.05, 3.63) is 58.1 Å². The largest absolute Gasteiger partial charge is 0.494 e. The average Bonchev–Trinajstić information content (AvgIpc) is 2.63. The van der Waals surface area contributed by atoms with Gasteiger partial charge >= 0.3 is 5.69 Å². The molecule has 2 aromatic rings. The van der Waals surface area contributed by atoms with Gasteiger partial charge in [0, 0.05) is 17.3 Å². The summed E-state index contributed by atoms with van der Waals surface area (Å²) in [5.74, 6) is 0.124. The number of carbonyl (C=O) groups is 2. The Morgan fingerprint density at radius 3 is 2.54 bits per heavy atom. The van der Waals surface area contributed by atoms with Gasteiger partial charge in [0.15, 0.2) is 11.9 Å². The minimum Gasteiger partial charge on any atom is -0.494 e. The second-order valence-corrected chi connectivity index (χ2v) is 5.31. The van der Waals surface area contributed by atoms with Crippen molar-refractivity contribution in [3.8, 4) is 11.5 Å². The van der Waals surface area contributed by atoms with E-state index in [0.717, 1.165) is 6.07 Å². The molecule has 0 aliphatic carbocycles. The predicted molar refractivity (Wildman–Crippen MR) is 94.8 cm³/mol. The molecule has 0 bridgehead atoms. The highest BCUT2D eigenvalue weighted by Crippen LogP contribution is 2.28. The topological polar surface area (TPSA) is 108 Å². The van der Waals surface area contributed by atoms with Crippen LogP contribution in [-0.2, 0) is 4.79 Å². The highest BCUT2D eigenvalue weighted by molar-refractivity contribution is 5.94. The van der Waals surface area contributed by atoms with Gasteiger partial charge in [0.1, 0.15) is 12.0 Å². The first kappa shape index (κ1) is 18.9. The van der Waals surface area contributed by atoms with Gasteiger partial charge in [-0.05, 0) is 50.2 Å². The van der Waals surface area contributed by atoms with Crippen LogP contribution in [0.3, 0.4) is 0 Å². The van der Waals surface area contributed by atoms with Crippen LogP contribution in [0, 0.1) is 10.1 Å². The van der Waals surface area contributed by atoms with E-state index in [0.29, 0.717) is 24.3 Å². The minimum atomic E-state index is -0.984. The number of benzene rings is 2. The Kier molecular flexibility index (Phi) is 6.26. The molecule has 8 nitrogen and oxygen atoms in total. The molecule has 8 heteroatoms. The summed E-state index contributed by atoms with van der Waals surface area (Å²) in [4.78, 5) is 33.4. The van der Waals surface area contributed by atoms with Crippen LogP contribution in [0.1, 0.15) is 24.2 Å². The molecule has 0 fully saturated rings. The van der Waals surface area contributed by atoms with Gasteiger partial charge in [0.2, 0.25) is 0 Å². The SMILES string of the molecule is CCOc1ccc(NC(=O)[C@H](C)Oc2ccc(C=O)cc2[N+](=O)[O-])cc1. The third-order valence-corrected chi connectivity index (χ3v) is 3.42. The summed E-state index contributed by atoms with van der Waals surface area (Å²) in [6, 6.07) is 10.6. The van der Waals surface area contributed by atoms with Gasteiger partial charge in [0.05, 0.1) is 11.5 Å². The molecule has 0 saturated heterocycles. The zero-order valence-corrected chi connectivity index (χ0v) is 14.3. The van der Waals surface area contributed by atoms with Crippen molar-refractivity contribution in [2.75, 3.05) is 11.9 Å². The number of aldehydes is 1. The molecule has 0 unspecified atom stereocenters. The van der Waals surface area contributed by atoms with Gasteiger partial charge in [-0.1, -0.05) is 0 Å². The molecule has 0 radical (unpaired) electrons. The first-order chi connectivity index (χ1) is 12.4. The summed E-state index contributed by atoms with van der Waals surface area (Å²) >= 11 is 0. The molecule has 0 aliphatic heterocycles. The maximum atomic E-state index is 12.2. The lowest BCUT2D eigenvalue weighted by molar-refractivity contribution is -0.386. The fourth-order valence-electron chi connectivity index (χ4n) is 2.14. The number of carbonyl (C=O) groups excluding carboxylic acids is 2. The van der Waals surface area contributed by atoms with Crippen LogP contribution in [0.5, 0.6) is 11.5 Å². The molecule has 2 rings (SSSR count). The first-order valence-electron chi connectivity index (χ1n) is 7.88. The van der Waals surface area contributed by atoms with E-state index in [1.165, 1.54) is 19.1 Å². The van der Waals surface area contributed by atoms with Crippen molar-refractivity contribution in [3.63, 3.8) is 0 Å². The van der Waals surface area contributed by atoms with Crippen LogP contribution in [0.15, 0.2) is 42.5 Å². The monoisotopic (exact) mass is 358 g/mol. The zero-order valence-electron chi connectivity index (χ0n) is 14.3. The molecule has 0 heterocycles. The van der Waals surface area contributed by atoms with Gasteiger partial charge < -0.3 is 14.8 Å². The van der Waals surface area contributed by atoms with Crippen molar-refractivity contribution in [1.82, 2.24) is 0 Å². The Bertz CT molecular complexity index is 804. The van der Waals surface area contributed by atoms with Crippen LogP contribution in [0.25, 0.3) is 0 Å². The normalized spacial score (nSPS) is 11.3. The van der Waals surface area contributed by atoms with Crippen LogP contribution in [0.2, 0.25) is 0 Å². The van der Waals surface area contributed by atoms with Crippen LogP contribution in [-0.4, -0.2) is 29.8 Å². The zero-order chi connectivity index (χ0) is 19.1. The molecule has 0 aromatic heterocycles. The van der Waals surface area contributed by atoms with Crippen molar-refractivity contribution in [2.24, 2.45) is 0 Å². The van der Waals surface area contributed by atoms with Gasteiger partial charge in [-0.3, -0.25) is 19.7 Å². The Labute approximate surface area is 149 Å². The fourth-order valence-corrected chi connectivity index (χ4v) is 2.14. The quantitative estimate of drug-likeness (QED) is 0.441. The molecule has 1 amide bonds. The number of hydrogen-bond acceptors (Lipinski definition) is 6. The van der Waals surface area contributed by atoms with Gasteiger partial charge in [0.25, 0.3) is 5.91 Å². The first-order valence-corrected chi connectivity index (χ1v) is 7.88. The van der Waals surface area contributed by atoms with E-state index in [1.807, 2.05) is 6.92 Å². The van der Waals surface area contributed by atoms with Crippen molar-refractivity contribution >= 4 is 23.6 Å². The fraction of sp³-hybridized carbons (Fsp3) is 0.222. The Hall–Kier alpha value is -3.42. The number of nitro benzene ring substituents is 1. The van der Waals surface area contributed by atoms with Crippen LogP contribution >= 0.6 is 0 Å². The minimum absolute atomic E-state index is 0.0880. The smallest absolute Gasteiger partial charge is 0.311 e. The number of nitrogens with zero attached hydrogens (tertiary/aromatic N) is 1. The van der Waals surface area contributed by atoms with E-state index in [-0.39, 0.29) is 17.0 Å². The lowest BCUT2D eigenvalue weighted by Gasteiger charge is -2.15. The highest BCUT2D eigenvalue weighted by Gasteiger charge is 2.21. The number of hydrogen-bond donors (Lipinski definition) is 1. The van der Waals surface area contributed by atoms with Crippen LogP contribution in [0.4, 0.5) is 11.4 Å². The molecule has 1 N–H and O–H groups in total. The van der Waals surface area contributed by atoms with E-state index in [2.05, 4.69) is 5.32 Å². The number of amides is 1. The molecule has 136 valence electrons. The molecule has 2 aromatic carbocycles. The number of ether oxygens (including phenoxy) is 2. The lowest BCUT2D eigenvalue weighted by atomic mass is 10.2. The molecule has 0 spiro atoms. The van der Waals surface area contributed by atoms with Gasteiger partial charge in [-0.2, -0.15) is 0 Å². The molecule has 0 aliphatic rings.